The molecule has 0 heterocycles. The van der Waals surface area contributed by atoms with Crippen molar-refractivity contribution in [3.8, 4) is 0 Å². The molecule has 0 amide bonds. The maximum Gasteiger partial charge on any atom is 0.120 e. The molecule has 1 heteroatoms. The number of hydrogen-bond donors (Lipinski definition) is 0. The first-order valence-electron chi connectivity index (χ1n) is 6.14. The Morgan fingerprint density at radius 2 is 1.57 bits per heavy atom. The van der Waals surface area contributed by atoms with Gasteiger partial charge in [-0.3, -0.25) is 0 Å². The Morgan fingerprint density at radius 1 is 1.00 bits per heavy atom. The highest BCUT2D eigenvalue weighted by molar-refractivity contribution is 5.49. The van der Waals surface area contributed by atoms with Crippen molar-refractivity contribution in [3.05, 3.63) is 0 Å². The molecule has 2 unspecified atom stereocenters. The molecule has 0 rings (SSSR count). The monoisotopic (exact) mass is 198 g/mol. The van der Waals surface area contributed by atoms with Gasteiger partial charge in [-0.05, 0) is 11.8 Å². The molecule has 0 aromatic heterocycles. The standard InChI is InChI=1S/C13H26O/c1-4-5-7-12(2)8-6-9-13(3)10-11-14/h11-13H,4-10H2,1-3H3. The molecule has 14 heavy (non-hydrogen) atoms. The summed E-state index contributed by atoms with van der Waals surface area (Å²) >= 11 is 0. The Balaban J connectivity index is 3.29. The van der Waals surface area contributed by atoms with E-state index >= 15 is 0 Å². The average Bonchev–Trinajstić information content (AvgIpc) is 2.15. The van der Waals surface area contributed by atoms with E-state index in [-0.39, 0.29) is 0 Å². The zero-order valence-electron chi connectivity index (χ0n) is 10.1. The van der Waals surface area contributed by atoms with Gasteiger partial charge in [0.25, 0.3) is 0 Å². The van der Waals surface area contributed by atoms with Crippen LogP contribution in [0.4, 0.5) is 0 Å². The van der Waals surface area contributed by atoms with Crippen molar-refractivity contribution < 1.29 is 4.79 Å². The van der Waals surface area contributed by atoms with Crippen LogP contribution in [0.3, 0.4) is 0 Å². The third-order valence-corrected chi connectivity index (χ3v) is 2.94. The number of aldehydes is 1. The number of carbonyl (C=O) groups excluding carboxylic acids is 1. The first-order chi connectivity index (χ1) is 6.70. The van der Waals surface area contributed by atoms with E-state index in [1.165, 1.54) is 38.5 Å². The van der Waals surface area contributed by atoms with E-state index in [1.54, 1.807) is 0 Å². The van der Waals surface area contributed by atoms with Crippen LogP contribution in [0.1, 0.15) is 65.7 Å². The van der Waals surface area contributed by atoms with Gasteiger partial charge in [0.1, 0.15) is 6.29 Å². The summed E-state index contributed by atoms with van der Waals surface area (Å²) in [6.07, 6.45) is 9.68. The zero-order chi connectivity index (χ0) is 10.8. The molecule has 0 saturated carbocycles. The van der Waals surface area contributed by atoms with E-state index in [0.29, 0.717) is 5.92 Å². The van der Waals surface area contributed by atoms with Crippen molar-refractivity contribution in [1.29, 1.82) is 0 Å². The summed E-state index contributed by atoms with van der Waals surface area (Å²) in [6.45, 7) is 6.77. The average molecular weight is 198 g/mol. The Morgan fingerprint density at radius 3 is 2.14 bits per heavy atom. The van der Waals surface area contributed by atoms with Gasteiger partial charge in [-0.25, -0.2) is 0 Å². The van der Waals surface area contributed by atoms with E-state index in [1.807, 2.05) is 0 Å². The minimum atomic E-state index is 0.589. The van der Waals surface area contributed by atoms with Gasteiger partial charge >= 0.3 is 0 Å². The van der Waals surface area contributed by atoms with E-state index in [2.05, 4.69) is 20.8 Å². The van der Waals surface area contributed by atoms with E-state index in [0.717, 1.165) is 18.6 Å². The predicted molar refractivity (Wildman–Crippen MR) is 62.4 cm³/mol. The minimum Gasteiger partial charge on any atom is -0.303 e. The number of hydrogen-bond acceptors (Lipinski definition) is 1. The molecular weight excluding hydrogens is 172 g/mol. The molecule has 0 saturated heterocycles. The van der Waals surface area contributed by atoms with Crippen LogP contribution >= 0.6 is 0 Å². The summed E-state index contributed by atoms with van der Waals surface area (Å²) < 4.78 is 0. The third kappa shape index (κ3) is 8.28. The van der Waals surface area contributed by atoms with Gasteiger partial charge in [-0.15, -0.1) is 0 Å². The SMILES string of the molecule is CCCCC(C)CCCC(C)CC=O. The molecule has 0 spiro atoms. The largest absolute Gasteiger partial charge is 0.303 e. The van der Waals surface area contributed by atoms with Crippen LogP contribution in [0, 0.1) is 11.8 Å². The Labute approximate surface area is 89.3 Å². The van der Waals surface area contributed by atoms with Crippen LogP contribution in [0.5, 0.6) is 0 Å². The summed E-state index contributed by atoms with van der Waals surface area (Å²) in [7, 11) is 0. The molecule has 0 aliphatic carbocycles. The second-order valence-electron chi connectivity index (χ2n) is 4.69. The number of unbranched alkanes of at least 4 members (excludes halogenated alkanes) is 1. The fourth-order valence-electron chi connectivity index (χ4n) is 1.79. The molecule has 0 bridgehead atoms. The quantitative estimate of drug-likeness (QED) is 0.507. The van der Waals surface area contributed by atoms with E-state index in [9.17, 15) is 4.79 Å². The minimum absolute atomic E-state index is 0.589. The highest BCUT2D eigenvalue weighted by Crippen LogP contribution is 2.18. The highest BCUT2D eigenvalue weighted by atomic mass is 16.1. The molecular formula is C13H26O. The van der Waals surface area contributed by atoms with Crippen molar-refractivity contribution in [1.82, 2.24) is 0 Å². The van der Waals surface area contributed by atoms with Crippen molar-refractivity contribution in [2.75, 3.05) is 0 Å². The smallest absolute Gasteiger partial charge is 0.120 e. The molecule has 0 radical (unpaired) electrons. The lowest BCUT2D eigenvalue weighted by Crippen LogP contribution is -1.99. The first kappa shape index (κ1) is 13.7. The first-order valence-corrected chi connectivity index (χ1v) is 6.14. The van der Waals surface area contributed by atoms with Crippen molar-refractivity contribution in [2.24, 2.45) is 11.8 Å². The Kier molecular flexibility index (Phi) is 9.02. The summed E-state index contributed by atoms with van der Waals surface area (Å²) in [4.78, 5) is 10.3. The third-order valence-electron chi connectivity index (χ3n) is 2.94. The van der Waals surface area contributed by atoms with Crippen LogP contribution in [0.2, 0.25) is 0 Å². The lowest BCUT2D eigenvalue weighted by molar-refractivity contribution is -0.108. The summed E-state index contributed by atoms with van der Waals surface area (Å²) in [5, 5.41) is 0. The molecule has 84 valence electrons. The fourth-order valence-corrected chi connectivity index (χ4v) is 1.79. The van der Waals surface area contributed by atoms with Crippen LogP contribution in [-0.2, 0) is 4.79 Å². The lowest BCUT2D eigenvalue weighted by atomic mass is 9.94. The molecule has 0 aliphatic rings. The van der Waals surface area contributed by atoms with Crippen molar-refractivity contribution >= 4 is 6.29 Å². The summed E-state index contributed by atoms with van der Waals surface area (Å²) in [5.41, 5.74) is 0. The maximum atomic E-state index is 10.3. The lowest BCUT2D eigenvalue weighted by Gasteiger charge is -2.12. The van der Waals surface area contributed by atoms with Gasteiger partial charge in [0, 0.05) is 6.42 Å². The normalized spacial score (nSPS) is 15.1. The van der Waals surface area contributed by atoms with E-state index < -0.39 is 0 Å². The van der Waals surface area contributed by atoms with Gasteiger partial charge in [0.05, 0.1) is 0 Å². The maximum absolute atomic E-state index is 10.3. The van der Waals surface area contributed by atoms with Gasteiger partial charge in [-0.2, -0.15) is 0 Å². The molecule has 0 aromatic carbocycles. The molecule has 0 N–H and O–H groups in total. The van der Waals surface area contributed by atoms with Crippen molar-refractivity contribution in [3.63, 3.8) is 0 Å². The second-order valence-corrected chi connectivity index (χ2v) is 4.69. The Bertz CT molecular complexity index is 131. The molecule has 1 nitrogen and oxygen atoms in total. The van der Waals surface area contributed by atoms with Gasteiger partial charge in [-0.1, -0.05) is 59.3 Å². The van der Waals surface area contributed by atoms with Crippen LogP contribution in [-0.4, -0.2) is 6.29 Å². The Hall–Kier alpha value is -0.330. The molecule has 0 aliphatic heterocycles. The molecule has 0 fully saturated rings. The fraction of sp³-hybridized carbons (Fsp3) is 0.923. The zero-order valence-corrected chi connectivity index (χ0v) is 10.1. The van der Waals surface area contributed by atoms with Crippen LogP contribution in [0.15, 0.2) is 0 Å². The van der Waals surface area contributed by atoms with Crippen LogP contribution < -0.4 is 0 Å². The summed E-state index contributed by atoms with van der Waals surface area (Å²) in [5.74, 6) is 1.46. The number of rotatable bonds is 9. The van der Waals surface area contributed by atoms with Gasteiger partial charge in [0.15, 0.2) is 0 Å². The summed E-state index contributed by atoms with van der Waals surface area (Å²) in [6, 6.07) is 0. The molecule has 0 aromatic rings. The molecule has 2 atom stereocenters. The predicted octanol–water partition coefficient (Wildman–Crippen LogP) is 4.21. The second kappa shape index (κ2) is 9.23. The van der Waals surface area contributed by atoms with Gasteiger partial charge < -0.3 is 4.79 Å². The van der Waals surface area contributed by atoms with Gasteiger partial charge in [0.2, 0.25) is 0 Å². The van der Waals surface area contributed by atoms with Crippen molar-refractivity contribution in [2.45, 2.75) is 65.7 Å². The van der Waals surface area contributed by atoms with Crippen LogP contribution in [0.25, 0.3) is 0 Å². The number of carbonyl (C=O) groups is 1. The highest BCUT2D eigenvalue weighted by Gasteiger charge is 2.04. The van der Waals surface area contributed by atoms with E-state index in [4.69, 9.17) is 0 Å². The topological polar surface area (TPSA) is 17.1 Å².